The van der Waals surface area contributed by atoms with E-state index >= 15 is 0 Å². The number of nitrogens with zero attached hydrogens (tertiary/aromatic N) is 3. The summed E-state index contributed by atoms with van der Waals surface area (Å²) in [5.74, 6) is -0.421. The smallest absolute Gasteiger partial charge is 0.354 e. The first kappa shape index (κ1) is 25.1. The molecule has 1 heterocycles. The van der Waals surface area contributed by atoms with E-state index < -0.39 is 18.0 Å². The van der Waals surface area contributed by atoms with Crippen LogP contribution >= 0.6 is 0 Å². The van der Waals surface area contributed by atoms with E-state index in [0.29, 0.717) is 12.3 Å². The van der Waals surface area contributed by atoms with E-state index in [2.05, 4.69) is 5.32 Å². The molecule has 174 valence electrons. The van der Waals surface area contributed by atoms with Crippen LogP contribution in [-0.4, -0.2) is 50.8 Å². The lowest BCUT2D eigenvalue weighted by molar-refractivity contribution is -0.154. The maximum absolute atomic E-state index is 12.8. The highest BCUT2D eigenvalue weighted by Gasteiger charge is 2.29. The largest absolute Gasteiger partial charge is 0.359 e. The first-order valence-corrected chi connectivity index (χ1v) is 11.0. The van der Waals surface area contributed by atoms with Crippen LogP contribution in [-0.2, 0) is 11.8 Å². The Morgan fingerprint density at radius 2 is 1.78 bits per heavy atom. The number of benzene rings is 1. The summed E-state index contributed by atoms with van der Waals surface area (Å²) in [6, 6.07) is 12.0. The maximum Gasteiger partial charge on any atom is 0.359 e. The number of hydrogen-bond donors (Lipinski definition) is 2. The normalized spacial score (nSPS) is 11.8. The van der Waals surface area contributed by atoms with Crippen molar-refractivity contribution in [3.05, 3.63) is 59.9 Å². The number of aryl methyl sites for hydroxylation is 1. The molecule has 0 spiro atoms. The topological polar surface area (TPSA) is 94.9 Å². The van der Waals surface area contributed by atoms with Gasteiger partial charge in [0.25, 0.3) is 5.91 Å². The average molecular weight is 443 g/mol. The van der Waals surface area contributed by atoms with Crippen LogP contribution in [0.5, 0.6) is 0 Å². The molecule has 2 rings (SSSR count). The molecule has 2 aromatic rings. The summed E-state index contributed by atoms with van der Waals surface area (Å²) in [6.07, 6.45) is 3.35. The van der Waals surface area contributed by atoms with Crippen molar-refractivity contribution in [2.45, 2.75) is 46.0 Å². The molecule has 8 nitrogen and oxygen atoms in total. The number of hydrogen-bond acceptors (Lipinski definition) is 4. The molecule has 0 aliphatic rings. The Balaban J connectivity index is 2.05. The van der Waals surface area contributed by atoms with Crippen LogP contribution in [0.1, 0.15) is 57.2 Å². The zero-order chi connectivity index (χ0) is 23.7. The van der Waals surface area contributed by atoms with Crippen LogP contribution in [0.2, 0.25) is 0 Å². The third-order valence-electron chi connectivity index (χ3n) is 5.38. The second-order valence-electron chi connectivity index (χ2n) is 8.21. The summed E-state index contributed by atoms with van der Waals surface area (Å²) in [7, 11) is 1.93. The van der Waals surface area contributed by atoms with Crippen LogP contribution in [0.25, 0.3) is 0 Å². The monoisotopic (exact) mass is 442 g/mol. The minimum absolute atomic E-state index is 0.0150. The van der Waals surface area contributed by atoms with E-state index in [4.69, 9.17) is 0 Å². The van der Waals surface area contributed by atoms with E-state index in [0.717, 1.165) is 22.6 Å². The Hall–Kier alpha value is -3.13. The van der Waals surface area contributed by atoms with Gasteiger partial charge in [0.1, 0.15) is 0 Å². The van der Waals surface area contributed by atoms with Gasteiger partial charge in [0, 0.05) is 44.4 Å². The molecule has 1 aromatic heterocycles. The second-order valence-corrected chi connectivity index (χ2v) is 8.21. The van der Waals surface area contributed by atoms with Gasteiger partial charge in [-0.1, -0.05) is 50.6 Å². The van der Waals surface area contributed by atoms with Crippen molar-refractivity contribution in [3.8, 4) is 0 Å². The number of amides is 5. The summed E-state index contributed by atoms with van der Waals surface area (Å²) < 4.78 is 1.98. The molecule has 1 aromatic carbocycles. The molecule has 5 amide bonds. The van der Waals surface area contributed by atoms with Crippen LogP contribution in [0.15, 0.2) is 48.7 Å². The first-order valence-electron chi connectivity index (χ1n) is 11.0. The van der Waals surface area contributed by atoms with Crippen molar-refractivity contribution in [3.63, 3.8) is 0 Å². The van der Waals surface area contributed by atoms with Gasteiger partial charge in [-0.15, -0.1) is 5.06 Å². The minimum Gasteiger partial charge on any atom is -0.354 e. The zero-order valence-corrected chi connectivity index (χ0v) is 19.3. The highest BCUT2D eigenvalue weighted by Crippen LogP contribution is 2.24. The number of aromatic nitrogens is 1. The highest BCUT2D eigenvalue weighted by molar-refractivity contribution is 6.00. The van der Waals surface area contributed by atoms with Crippen LogP contribution in [0, 0.1) is 5.92 Å². The SMILES string of the molecule is CCN(C(=O)NCC(c1ccccc1)c1cccn1C)C(=O)N(O)C(=O)CCCC(C)C. The lowest BCUT2D eigenvalue weighted by atomic mass is 9.95. The maximum atomic E-state index is 12.8. The summed E-state index contributed by atoms with van der Waals surface area (Å²) >= 11 is 0. The fourth-order valence-corrected chi connectivity index (χ4v) is 3.55. The Bertz CT molecular complexity index is 894. The van der Waals surface area contributed by atoms with Gasteiger partial charge in [-0.05, 0) is 37.0 Å². The van der Waals surface area contributed by atoms with Gasteiger partial charge in [-0.3, -0.25) is 10.0 Å². The summed E-state index contributed by atoms with van der Waals surface area (Å²) in [4.78, 5) is 38.3. The van der Waals surface area contributed by atoms with E-state index in [9.17, 15) is 19.6 Å². The van der Waals surface area contributed by atoms with Gasteiger partial charge in [-0.2, -0.15) is 0 Å². The fourth-order valence-electron chi connectivity index (χ4n) is 3.55. The summed E-state index contributed by atoms with van der Waals surface area (Å²) in [5, 5.41) is 12.9. The minimum atomic E-state index is -1.05. The van der Waals surface area contributed by atoms with Crippen molar-refractivity contribution in [1.82, 2.24) is 19.8 Å². The Labute approximate surface area is 189 Å². The third-order valence-corrected chi connectivity index (χ3v) is 5.38. The highest BCUT2D eigenvalue weighted by atomic mass is 16.5. The van der Waals surface area contributed by atoms with E-state index in [1.54, 1.807) is 6.92 Å². The predicted octanol–water partition coefficient (Wildman–Crippen LogP) is 4.35. The van der Waals surface area contributed by atoms with Gasteiger partial charge in [0.2, 0.25) is 0 Å². The van der Waals surface area contributed by atoms with Crippen LogP contribution in [0.4, 0.5) is 9.59 Å². The van der Waals surface area contributed by atoms with Gasteiger partial charge in [0.15, 0.2) is 0 Å². The number of carbonyl (C=O) groups excluding carboxylic acids is 3. The molecule has 1 atom stereocenters. The molecule has 0 bridgehead atoms. The lowest BCUT2D eigenvalue weighted by Crippen LogP contribution is -2.51. The fraction of sp³-hybridized carbons (Fsp3) is 0.458. The van der Waals surface area contributed by atoms with Gasteiger partial charge in [-0.25, -0.2) is 14.5 Å². The molecule has 0 saturated carbocycles. The van der Waals surface area contributed by atoms with E-state index in [1.807, 2.05) is 74.1 Å². The number of imide groups is 2. The standard InChI is InChI=1S/C24H34N4O4/c1-5-27(24(31)28(32)22(29)15-9-11-18(2)3)23(30)25-17-20(19-12-7-6-8-13-19)21-14-10-16-26(21)4/h6-8,10,12-14,16,18,20,32H,5,9,11,15,17H2,1-4H3,(H,25,30). The lowest BCUT2D eigenvalue weighted by Gasteiger charge is -2.25. The quantitative estimate of drug-likeness (QED) is 0.446. The molecule has 0 aliphatic carbocycles. The van der Waals surface area contributed by atoms with E-state index in [1.165, 1.54) is 0 Å². The van der Waals surface area contributed by atoms with Crippen molar-refractivity contribution in [1.29, 1.82) is 0 Å². The number of nitrogens with one attached hydrogen (secondary N) is 1. The van der Waals surface area contributed by atoms with Gasteiger partial charge >= 0.3 is 12.1 Å². The predicted molar refractivity (Wildman–Crippen MR) is 122 cm³/mol. The van der Waals surface area contributed by atoms with Crippen molar-refractivity contribution in [2.24, 2.45) is 13.0 Å². The molecular formula is C24H34N4O4. The van der Waals surface area contributed by atoms with Crippen molar-refractivity contribution in [2.75, 3.05) is 13.1 Å². The molecule has 0 fully saturated rings. The Morgan fingerprint density at radius 1 is 1.09 bits per heavy atom. The summed E-state index contributed by atoms with van der Waals surface area (Å²) in [6.45, 7) is 5.95. The van der Waals surface area contributed by atoms with Gasteiger partial charge in [0.05, 0.1) is 0 Å². The first-order chi connectivity index (χ1) is 15.3. The second kappa shape index (κ2) is 12.0. The Morgan fingerprint density at radius 3 is 2.34 bits per heavy atom. The molecule has 8 heteroatoms. The molecule has 0 aliphatic heterocycles. The van der Waals surface area contributed by atoms with Crippen molar-refractivity contribution < 1.29 is 19.6 Å². The van der Waals surface area contributed by atoms with Crippen LogP contribution < -0.4 is 5.32 Å². The molecule has 0 radical (unpaired) electrons. The number of urea groups is 2. The van der Waals surface area contributed by atoms with E-state index in [-0.39, 0.29) is 30.5 Å². The number of hydroxylamine groups is 2. The van der Waals surface area contributed by atoms with Gasteiger partial charge < -0.3 is 9.88 Å². The molecule has 0 saturated heterocycles. The van der Waals surface area contributed by atoms with Crippen LogP contribution in [0.3, 0.4) is 0 Å². The number of carbonyl (C=O) groups is 3. The molecule has 2 N–H and O–H groups in total. The molecule has 32 heavy (non-hydrogen) atoms. The number of rotatable bonds is 9. The van der Waals surface area contributed by atoms with Crippen molar-refractivity contribution >= 4 is 18.0 Å². The molecule has 1 unspecified atom stereocenters. The zero-order valence-electron chi connectivity index (χ0n) is 19.3. The molecular weight excluding hydrogens is 408 g/mol. The average Bonchev–Trinajstić information content (AvgIpc) is 3.19. The third kappa shape index (κ3) is 6.68. The summed E-state index contributed by atoms with van der Waals surface area (Å²) in [5.41, 5.74) is 2.03. The Kier molecular flexibility index (Phi) is 9.46.